The highest BCUT2D eigenvalue weighted by Crippen LogP contribution is 2.36. The lowest BCUT2D eigenvalue weighted by Gasteiger charge is -2.43. The molecule has 2 aromatic carbocycles. The van der Waals surface area contributed by atoms with Gasteiger partial charge in [-0.25, -0.2) is 0 Å². The second kappa shape index (κ2) is 16.7. The van der Waals surface area contributed by atoms with Gasteiger partial charge in [0.25, 0.3) is 8.32 Å². The van der Waals surface area contributed by atoms with Gasteiger partial charge < -0.3 is 9.33 Å². The van der Waals surface area contributed by atoms with Crippen molar-refractivity contribution in [3.05, 3.63) is 60.7 Å². The molecule has 4 heteroatoms. The standard InChI is InChI=1S/C32H53NOSSi/c1-7-9-13-19-29(20-14-10-8-2)33(6)25-27-35-28-26-34-36(32(3,4)5,30-21-15-11-16-22-30)31-23-17-12-18-24-31/h11-12,15-18,21-24,29H,7-10,13-14,19-20,25-28H2,1-6H3. The molecular formula is C32H53NOSSi. The maximum absolute atomic E-state index is 7.06. The maximum atomic E-state index is 7.06. The Hall–Kier alpha value is -1.07. The first kappa shape index (κ1) is 31.1. The van der Waals surface area contributed by atoms with Crippen molar-refractivity contribution in [3.63, 3.8) is 0 Å². The highest BCUT2D eigenvalue weighted by Gasteiger charge is 2.49. The van der Waals surface area contributed by atoms with Crippen LogP contribution in [0.2, 0.25) is 5.04 Å². The van der Waals surface area contributed by atoms with E-state index < -0.39 is 8.32 Å². The fourth-order valence-corrected chi connectivity index (χ4v) is 10.9. The summed E-state index contributed by atoms with van der Waals surface area (Å²) in [4.78, 5) is 2.64. The summed E-state index contributed by atoms with van der Waals surface area (Å²) >= 11 is 2.05. The summed E-state index contributed by atoms with van der Waals surface area (Å²) in [5.74, 6) is 2.23. The maximum Gasteiger partial charge on any atom is 0.261 e. The fraction of sp³-hybridized carbons (Fsp3) is 0.625. The van der Waals surface area contributed by atoms with E-state index in [-0.39, 0.29) is 5.04 Å². The van der Waals surface area contributed by atoms with Crippen LogP contribution < -0.4 is 10.4 Å². The van der Waals surface area contributed by atoms with Crippen LogP contribution in [-0.4, -0.2) is 51.0 Å². The van der Waals surface area contributed by atoms with Crippen molar-refractivity contribution in [1.82, 2.24) is 4.90 Å². The molecule has 202 valence electrons. The Morgan fingerprint density at radius 1 is 0.778 bits per heavy atom. The Balaban J connectivity index is 1.96. The Labute approximate surface area is 228 Å². The van der Waals surface area contributed by atoms with Crippen molar-refractivity contribution >= 4 is 30.5 Å². The van der Waals surface area contributed by atoms with Gasteiger partial charge in [-0.3, -0.25) is 0 Å². The number of nitrogens with zero attached hydrogens (tertiary/aromatic N) is 1. The molecular weight excluding hydrogens is 475 g/mol. The third-order valence-electron chi connectivity index (χ3n) is 7.46. The summed E-state index contributed by atoms with van der Waals surface area (Å²) in [6.45, 7) is 13.7. The Bertz CT molecular complexity index is 758. The Morgan fingerprint density at radius 2 is 1.28 bits per heavy atom. The molecule has 0 spiro atoms. The van der Waals surface area contributed by atoms with E-state index in [1.165, 1.54) is 74.0 Å². The smallest absolute Gasteiger partial charge is 0.261 e. The van der Waals surface area contributed by atoms with E-state index in [0.717, 1.165) is 18.4 Å². The minimum absolute atomic E-state index is 0.0464. The molecule has 0 saturated carbocycles. The quantitative estimate of drug-likeness (QED) is 0.145. The van der Waals surface area contributed by atoms with Gasteiger partial charge in [-0.05, 0) is 35.3 Å². The average Bonchev–Trinajstić information content (AvgIpc) is 2.88. The molecule has 0 saturated heterocycles. The number of thioether (sulfide) groups is 1. The predicted molar refractivity (Wildman–Crippen MR) is 166 cm³/mol. The average molecular weight is 528 g/mol. The molecule has 0 aliphatic rings. The van der Waals surface area contributed by atoms with E-state index in [1.54, 1.807) is 0 Å². The molecule has 0 bridgehead atoms. The first-order valence-corrected chi connectivity index (χ1v) is 17.5. The third kappa shape index (κ3) is 9.35. The molecule has 0 heterocycles. The summed E-state index contributed by atoms with van der Waals surface area (Å²) in [5, 5.41) is 2.79. The van der Waals surface area contributed by atoms with E-state index in [1.807, 2.05) is 0 Å². The van der Waals surface area contributed by atoms with Gasteiger partial charge in [-0.2, -0.15) is 11.8 Å². The normalized spacial score (nSPS) is 12.6. The molecule has 0 N–H and O–H groups in total. The summed E-state index contributed by atoms with van der Waals surface area (Å²) in [5.41, 5.74) is 0. The van der Waals surface area contributed by atoms with E-state index in [2.05, 4.69) is 119 Å². The van der Waals surface area contributed by atoms with E-state index in [4.69, 9.17) is 4.43 Å². The lowest BCUT2D eigenvalue weighted by atomic mass is 10.0. The van der Waals surface area contributed by atoms with Crippen LogP contribution >= 0.6 is 11.8 Å². The van der Waals surface area contributed by atoms with E-state index in [0.29, 0.717) is 0 Å². The van der Waals surface area contributed by atoms with Gasteiger partial charge >= 0.3 is 0 Å². The molecule has 0 fully saturated rings. The van der Waals surface area contributed by atoms with E-state index >= 15 is 0 Å². The molecule has 0 amide bonds. The van der Waals surface area contributed by atoms with Crippen molar-refractivity contribution in [3.8, 4) is 0 Å². The van der Waals surface area contributed by atoms with Crippen LogP contribution in [0.25, 0.3) is 0 Å². The molecule has 0 atom stereocenters. The van der Waals surface area contributed by atoms with Crippen LogP contribution in [0.3, 0.4) is 0 Å². The number of unbranched alkanes of at least 4 members (excludes halogenated alkanes) is 4. The van der Waals surface area contributed by atoms with Crippen LogP contribution in [0.1, 0.15) is 86.0 Å². The number of hydrogen-bond acceptors (Lipinski definition) is 3. The zero-order valence-corrected chi connectivity index (χ0v) is 25.9. The number of rotatable bonds is 18. The van der Waals surface area contributed by atoms with E-state index in [9.17, 15) is 0 Å². The molecule has 0 unspecified atom stereocenters. The summed E-state index contributed by atoms with van der Waals surface area (Å²) in [6, 6.07) is 22.8. The Morgan fingerprint density at radius 3 is 1.72 bits per heavy atom. The van der Waals surface area contributed by atoms with Gasteiger partial charge in [0.2, 0.25) is 0 Å². The lowest BCUT2D eigenvalue weighted by Crippen LogP contribution is -2.66. The van der Waals surface area contributed by atoms with Crippen molar-refractivity contribution in [2.24, 2.45) is 0 Å². The summed E-state index contributed by atoms with van der Waals surface area (Å²) < 4.78 is 7.06. The molecule has 0 aromatic heterocycles. The highest BCUT2D eigenvalue weighted by molar-refractivity contribution is 7.99. The predicted octanol–water partition coefficient (Wildman–Crippen LogP) is 7.76. The van der Waals surface area contributed by atoms with Gasteiger partial charge in [0.1, 0.15) is 0 Å². The lowest BCUT2D eigenvalue weighted by molar-refractivity contribution is 0.221. The molecule has 2 nitrogen and oxygen atoms in total. The minimum Gasteiger partial charge on any atom is -0.407 e. The Kier molecular flexibility index (Phi) is 14.5. The SMILES string of the molecule is CCCCCC(CCCCC)N(C)CCSCCO[Si](c1ccccc1)(c1ccccc1)C(C)(C)C. The fourth-order valence-electron chi connectivity index (χ4n) is 5.35. The van der Waals surface area contributed by atoms with Crippen molar-refractivity contribution < 1.29 is 4.43 Å². The minimum atomic E-state index is -2.41. The first-order valence-electron chi connectivity index (χ1n) is 14.4. The van der Waals surface area contributed by atoms with Crippen molar-refractivity contribution in [2.75, 3.05) is 31.7 Å². The van der Waals surface area contributed by atoms with Gasteiger partial charge in [0.15, 0.2) is 0 Å². The topological polar surface area (TPSA) is 12.5 Å². The monoisotopic (exact) mass is 527 g/mol. The summed E-state index contributed by atoms with van der Waals surface area (Å²) in [7, 11) is -0.0611. The molecule has 0 radical (unpaired) electrons. The second-order valence-corrected chi connectivity index (χ2v) is 16.8. The van der Waals surface area contributed by atoms with Gasteiger partial charge in [-0.1, -0.05) is 134 Å². The third-order valence-corrected chi connectivity index (χ3v) is 13.4. The number of hydrogen-bond donors (Lipinski definition) is 0. The van der Waals surface area contributed by atoms with Gasteiger partial charge in [0, 0.05) is 30.7 Å². The van der Waals surface area contributed by atoms with Crippen molar-refractivity contribution in [2.45, 2.75) is 97.1 Å². The van der Waals surface area contributed by atoms with Crippen LogP contribution in [0.4, 0.5) is 0 Å². The van der Waals surface area contributed by atoms with Crippen LogP contribution in [-0.2, 0) is 4.43 Å². The van der Waals surface area contributed by atoms with Crippen LogP contribution in [0.5, 0.6) is 0 Å². The van der Waals surface area contributed by atoms with Crippen molar-refractivity contribution in [1.29, 1.82) is 0 Å². The summed E-state index contributed by atoms with van der Waals surface area (Å²) in [6.07, 6.45) is 10.8. The largest absolute Gasteiger partial charge is 0.407 e. The molecule has 2 rings (SSSR count). The zero-order chi connectivity index (χ0) is 26.3. The molecule has 0 aliphatic heterocycles. The molecule has 36 heavy (non-hydrogen) atoms. The number of benzene rings is 2. The molecule has 2 aromatic rings. The zero-order valence-electron chi connectivity index (χ0n) is 24.1. The van der Waals surface area contributed by atoms with Gasteiger partial charge in [0.05, 0.1) is 0 Å². The first-order chi connectivity index (χ1) is 17.4. The van der Waals surface area contributed by atoms with Crippen LogP contribution in [0.15, 0.2) is 60.7 Å². The van der Waals surface area contributed by atoms with Gasteiger partial charge in [-0.15, -0.1) is 0 Å². The molecule has 0 aliphatic carbocycles. The second-order valence-electron chi connectivity index (χ2n) is 11.3. The van der Waals surface area contributed by atoms with Crippen LogP contribution in [0, 0.1) is 0 Å². The highest BCUT2D eigenvalue weighted by atomic mass is 32.2.